The van der Waals surface area contributed by atoms with Gasteiger partial charge in [-0.3, -0.25) is 0 Å². The standard InChI is InChI=1S/C11H10BrF2N3O/c12-5-1-7(9(14)16-3-5)11(4-13)6-2-8(6)18-10(15)17-11/h1,3,6,8H,2,4H2,(H2,15,17)/t6-,8+,11?/m1/s1. The van der Waals surface area contributed by atoms with Gasteiger partial charge in [0.2, 0.25) is 5.95 Å². The average molecular weight is 318 g/mol. The van der Waals surface area contributed by atoms with Crippen molar-refractivity contribution in [2.75, 3.05) is 6.67 Å². The highest BCUT2D eigenvalue weighted by Gasteiger charge is 2.60. The summed E-state index contributed by atoms with van der Waals surface area (Å²) in [4.78, 5) is 7.62. The molecular formula is C11H10BrF2N3O. The van der Waals surface area contributed by atoms with E-state index in [0.717, 1.165) is 0 Å². The highest BCUT2D eigenvalue weighted by atomic mass is 79.9. The van der Waals surface area contributed by atoms with E-state index < -0.39 is 18.2 Å². The number of aliphatic imine (C=N–C) groups is 1. The molecule has 4 nitrogen and oxygen atoms in total. The van der Waals surface area contributed by atoms with Crippen molar-refractivity contribution in [1.29, 1.82) is 0 Å². The number of nitrogens with zero attached hydrogens (tertiary/aromatic N) is 2. The number of ether oxygens (including phenoxy) is 1. The normalized spacial score (nSPS) is 33.4. The van der Waals surface area contributed by atoms with Crippen molar-refractivity contribution in [3.05, 3.63) is 28.2 Å². The minimum atomic E-state index is -1.30. The second kappa shape index (κ2) is 3.88. The summed E-state index contributed by atoms with van der Waals surface area (Å²) in [6.45, 7) is -0.826. The lowest BCUT2D eigenvalue weighted by Crippen LogP contribution is -2.40. The highest BCUT2D eigenvalue weighted by molar-refractivity contribution is 9.10. The van der Waals surface area contributed by atoms with E-state index in [9.17, 15) is 8.78 Å². The third kappa shape index (κ3) is 1.60. The number of fused-ring (bicyclic) bond motifs is 1. The minimum Gasteiger partial charge on any atom is -0.462 e. The van der Waals surface area contributed by atoms with E-state index in [4.69, 9.17) is 10.5 Å². The molecule has 96 valence electrons. The van der Waals surface area contributed by atoms with Crippen molar-refractivity contribution in [3.63, 3.8) is 0 Å². The molecule has 1 aliphatic heterocycles. The van der Waals surface area contributed by atoms with Crippen molar-refractivity contribution >= 4 is 22.0 Å². The topological polar surface area (TPSA) is 60.5 Å². The van der Waals surface area contributed by atoms with Gasteiger partial charge >= 0.3 is 0 Å². The second-order valence-corrected chi connectivity index (χ2v) is 5.41. The van der Waals surface area contributed by atoms with Crippen molar-refractivity contribution in [1.82, 2.24) is 4.98 Å². The summed E-state index contributed by atoms with van der Waals surface area (Å²) in [5.74, 6) is -0.902. The Morgan fingerprint density at radius 1 is 1.61 bits per heavy atom. The van der Waals surface area contributed by atoms with E-state index in [2.05, 4.69) is 25.9 Å². The van der Waals surface area contributed by atoms with Crippen LogP contribution in [0.2, 0.25) is 0 Å². The maximum atomic E-state index is 13.9. The molecule has 0 spiro atoms. The van der Waals surface area contributed by atoms with Gasteiger partial charge in [0.05, 0.1) is 0 Å². The third-order valence-corrected chi connectivity index (χ3v) is 3.84. The smallest absolute Gasteiger partial charge is 0.283 e. The number of amidine groups is 1. The first-order valence-electron chi connectivity index (χ1n) is 5.46. The first kappa shape index (κ1) is 11.8. The summed E-state index contributed by atoms with van der Waals surface area (Å²) in [6.07, 6.45) is 1.78. The second-order valence-electron chi connectivity index (χ2n) is 4.50. The zero-order valence-electron chi connectivity index (χ0n) is 9.24. The minimum absolute atomic E-state index is 0.0919. The quantitative estimate of drug-likeness (QED) is 0.847. The number of alkyl halides is 1. The fourth-order valence-corrected chi connectivity index (χ4v) is 2.78. The van der Waals surface area contributed by atoms with Crippen LogP contribution in [0.5, 0.6) is 0 Å². The molecule has 1 fully saturated rings. The molecule has 18 heavy (non-hydrogen) atoms. The molecule has 0 bridgehead atoms. The van der Waals surface area contributed by atoms with Gasteiger partial charge in [0.25, 0.3) is 6.02 Å². The molecule has 1 saturated carbocycles. The largest absolute Gasteiger partial charge is 0.462 e. The molecule has 2 aliphatic rings. The number of pyridine rings is 1. The molecule has 1 aromatic heterocycles. The lowest BCUT2D eigenvalue weighted by molar-refractivity contribution is 0.167. The van der Waals surface area contributed by atoms with Crippen LogP contribution in [0.3, 0.4) is 0 Å². The number of hydrogen-bond acceptors (Lipinski definition) is 4. The fraction of sp³-hybridized carbons (Fsp3) is 0.455. The van der Waals surface area contributed by atoms with Crippen molar-refractivity contribution in [2.45, 2.75) is 18.1 Å². The van der Waals surface area contributed by atoms with Crippen LogP contribution in [0.4, 0.5) is 8.78 Å². The lowest BCUT2D eigenvalue weighted by Gasteiger charge is -2.30. The molecule has 3 atom stereocenters. The Morgan fingerprint density at radius 3 is 3.11 bits per heavy atom. The molecule has 7 heteroatoms. The van der Waals surface area contributed by atoms with Crippen LogP contribution in [-0.2, 0) is 10.3 Å². The summed E-state index contributed by atoms with van der Waals surface area (Å²) in [5, 5.41) is 0. The molecule has 1 aromatic rings. The Kier molecular flexibility index (Phi) is 2.55. The lowest BCUT2D eigenvalue weighted by atomic mass is 9.87. The van der Waals surface area contributed by atoms with Gasteiger partial charge in [-0.2, -0.15) is 4.39 Å². The highest BCUT2D eigenvalue weighted by Crippen LogP contribution is 2.53. The average Bonchev–Trinajstić information content (AvgIpc) is 3.10. The maximum Gasteiger partial charge on any atom is 0.283 e. The van der Waals surface area contributed by atoms with E-state index in [0.29, 0.717) is 10.9 Å². The molecule has 0 amide bonds. The van der Waals surface area contributed by atoms with Crippen LogP contribution in [0.25, 0.3) is 0 Å². The Bertz CT molecular complexity index is 539. The van der Waals surface area contributed by atoms with Crippen molar-refractivity contribution < 1.29 is 13.5 Å². The number of nitrogens with two attached hydrogens (primary N) is 1. The van der Waals surface area contributed by atoms with Crippen LogP contribution in [-0.4, -0.2) is 23.8 Å². The summed E-state index contributed by atoms with van der Waals surface area (Å²) < 4.78 is 33.2. The fourth-order valence-electron chi connectivity index (χ4n) is 2.45. The van der Waals surface area contributed by atoms with Crippen molar-refractivity contribution in [2.24, 2.45) is 16.6 Å². The monoisotopic (exact) mass is 317 g/mol. The van der Waals surface area contributed by atoms with Gasteiger partial charge < -0.3 is 10.5 Å². The van der Waals surface area contributed by atoms with Crippen LogP contribution in [0.15, 0.2) is 21.7 Å². The van der Waals surface area contributed by atoms with Crippen LogP contribution < -0.4 is 5.73 Å². The number of hydrogen-bond donors (Lipinski definition) is 1. The first-order valence-corrected chi connectivity index (χ1v) is 6.25. The van der Waals surface area contributed by atoms with Gasteiger partial charge in [-0.05, 0) is 28.4 Å². The Labute approximate surface area is 110 Å². The molecule has 0 radical (unpaired) electrons. The van der Waals surface area contributed by atoms with Gasteiger partial charge in [-0.1, -0.05) is 0 Å². The van der Waals surface area contributed by atoms with E-state index in [1.165, 1.54) is 12.3 Å². The molecule has 1 unspecified atom stereocenters. The predicted molar refractivity (Wildman–Crippen MR) is 64.2 cm³/mol. The van der Waals surface area contributed by atoms with Gasteiger partial charge in [-0.15, -0.1) is 0 Å². The van der Waals surface area contributed by atoms with Crippen LogP contribution in [0.1, 0.15) is 12.0 Å². The summed E-state index contributed by atoms with van der Waals surface area (Å²) in [7, 11) is 0. The summed E-state index contributed by atoms with van der Waals surface area (Å²) in [6, 6.07) is 1.41. The van der Waals surface area contributed by atoms with Gasteiger partial charge in [0.15, 0.2) is 0 Å². The maximum absolute atomic E-state index is 13.9. The van der Waals surface area contributed by atoms with E-state index in [1.807, 2.05) is 0 Å². The van der Waals surface area contributed by atoms with Crippen molar-refractivity contribution in [3.8, 4) is 0 Å². The number of halogens is 3. The molecule has 1 aliphatic carbocycles. The molecule has 2 N–H and O–H groups in total. The zero-order valence-corrected chi connectivity index (χ0v) is 10.8. The van der Waals surface area contributed by atoms with E-state index in [-0.39, 0.29) is 23.6 Å². The molecular weight excluding hydrogens is 308 g/mol. The predicted octanol–water partition coefficient (Wildman–Crippen LogP) is 1.88. The SMILES string of the molecule is NC1=NC(CF)(c2cc(Br)cnc2F)[C@@H]2C[C@@H]2O1. The van der Waals surface area contributed by atoms with Crippen LogP contribution in [0, 0.1) is 11.9 Å². The Balaban J connectivity index is 2.16. The van der Waals surface area contributed by atoms with E-state index in [1.54, 1.807) is 0 Å². The Morgan fingerprint density at radius 2 is 2.39 bits per heavy atom. The molecule has 3 rings (SSSR count). The van der Waals surface area contributed by atoms with Gasteiger partial charge in [0.1, 0.15) is 18.3 Å². The van der Waals surface area contributed by atoms with Gasteiger partial charge in [-0.25, -0.2) is 14.4 Å². The first-order chi connectivity index (χ1) is 8.56. The summed E-state index contributed by atoms with van der Waals surface area (Å²) >= 11 is 3.20. The summed E-state index contributed by atoms with van der Waals surface area (Å²) in [5.41, 5.74) is 4.36. The third-order valence-electron chi connectivity index (χ3n) is 3.40. The Hall–Kier alpha value is -1.24. The molecule has 0 aromatic carbocycles. The van der Waals surface area contributed by atoms with Crippen LogP contribution >= 0.6 is 15.9 Å². The molecule has 2 heterocycles. The van der Waals surface area contributed by atoms with E-state index >= 15 is 0 Å². The number of aromatic nitrogens is 1. The van der Waals surface area contributed by atoms with Gasteiger partial charge in [0, 0.05) is 22.2 Å². The molecule has 0 saturated heterocycles. The zero-order chi connectivity index (χ0) is 12.9. The number of rotatable bonds is 2.